The summed E-state index contributed by atoms with van der Waals surface area (Å²) in [5, 5.41) is 1.02. The van der Waals surface area contributed by atoms with Crippen molar-refractivity contribution in [2.45, 2.75) is 25.4 Å². The SMILES string of the molecule is COc1ccc2[nH]c(-c3ccc(C(F)(F)F)cc3)c(CCCCN)c2c1. The number of ether oxygens (including phenoxy) is 1. The molecule has 0 aliphatic carbocycles. The zero-order valence-corrected chi connectivity index (χ0v) is 14.5. The molecule has 0 fully saturated rings. The number of aryl methyl sites for hydroxylation is 1. The van der Waals surface area contributed by atoms with Crippen LogP contribution in [0.4, 0.5) is 13.2 Å². The van der Waals surface area contributed by atoms with Gasteiger partial charge in [-0.1, -0.05) is 12.1 Å². The number of halogens is 3. The molecular formula is C20H21F3N2O. The Morgan fingerprint density at radius 2 is 1.77 bits per heavy atom. The van der Waals surface area contributed by atoms with Gasteiger partial charge in [-0.15, -0.1) is 0 Å². The van der Waals surface area contributed by atoms with Crippen LogP contribution >= 0.6 is 0 Å². The van der Waals surface area contributed by atoms with Crippen molar-refractivity contribution in [3.63, 3.8) is 0 Å². The molecule has 138 valence electrons. The number of benzene rings is 2. The third kappa shape index (κ3) is 3.70. The summed E-state index contributed by atoms with van der Waals surface area (Å²) in [6, 6.07) is 11.0. The monoisotopic (exact) mass is 362 g/mol. The van der Waals surface area contributed by atoms with Gasteiger partial charge in [0.05, 0.1) is 12.7 Å². The summed E-state index contributed by atoms with van der Waals surface area (Å²) in [4.78, 5) is 3.35. The molecule has 0 radical (unpaired) electrons. The van der Waals surface area contributed by atoms with Crippen LogP contribution in [0.25, 0.3) is 22.2 Å². The molecule has 1 aromatic heterocycles. The van der Waals surface area contributed by atoms with E-state index in [0.29, 0.717) is 6.54 Å². The molecule has 3 rings (SSSR count). The van der Waals surface area contributed by atoms with Gasteiger partial charge in [0.2, 0.25) is 0 Å². The highest BCUT2D eigenvalue weighted by molar-refractivity contribution is 5.91. The minimum atomic E-state index is -4.34. The van der Waals surface area contributed by atoms with E-state index >= 15 is 0 Å². The maximum Gasteiger partial charge on any atom is 0.416 e. The lowest BCUT2D eigenvalue weighted by molar-refractivity contribution is -0.137. The molecule has 3 N–H and O–H groups in total. The van der Waals surface area contributed by atoms with Gasteiger partial charge in [-0.05, 0) is 67.3 Å². The molecule has 0 bridgehead atoms. The normalized spacial score (nSPS) is 11.9. The molecule has 0 spiro atoms. The summed E-state index contributed by atoms with van der Waals surface area (Å²) in [5.41, 5.74) is 8.54. The molecular weight excluding hydrogens is 341 g/mol. The maximum absolute atomic E-state index is 12.8. The van der Waals surface area contributed by atoms with E-state index in [2.05, 4.69) is 4.98 Å². The molecule has 0 aliphatic rings. The zero-order valence-electron chi connectivity index (χ0n) is 14.5. The molecule has 0 saturated heterocycles. The summed E-state index contributed by atoms with van der Waals surface area (Å²) in [6.45, 7) is 0.612. The number of hydrogen-bond acceptors (Lipinski definition) is 2. The third-order valence-corrected chi connectivity index (χ3v) is 4.50. The number of nitrogens with one attached hydrogen (secondary N) is 1. The second-order valence-corrected chi connectivity index (χ2v) is 6.21. The van der Waals surface area contributed by atoms with Crippen molar-refractivity contribution in [1.82, 2.24) is 4.98 Å². The first-order valence-corrected chi connectivity index (χ1v) is 8.50. The first-order chi connectivity index (χ1) is 12.4. The number of alkyl halides is 3. The third-order valence-electron chi connectivity index (χ3n) is 4.50. The van der Waals surface area contributed by atoms with Crippen molar-refractivity contribution in [1.29, 1.82) is 0 Å². The average Bonchev–Trinajstić information content (AvgIpc) is 2.99. The van der Waals surface area contributed by atoms with Gasteiger partial charge >= 0.3 is 6.18 Å². The average molecular weight is 362 g/mol. The summed E-state index contributed by atoms with van der Waals surface area (Å²) in [5.74, 6) is 0.746. The Balaban J connectivity index is 2.07. The first-order valence-electron chi connectivity index (χ1n) is 8.50. The Morgan fingerprint density at radius 1 is 1.04 bits per heavy atom. The van der Waals surface area contributed by atoms with Gasteiger partial charge in [-0.3, -0.25) is 0 Å². The van der Waals surface area contributed by atoms with Crippen LogP contribution in [0, 0.1) is 0 Å². The second kappa shape index (κ2) is 7.41. The Morgan fingerprint density at radius 3 is 2.38 bits per heavy atom. The van der Waals surface area contributed by atoms with E-state index in [-0.39, 0.29) is 0 Å². The van der Waals surface area contributed by atoms with Gasteiger partial charge in [0.15, 0.2) is 0 Å². The van der Waals surface area contributed by atoms with Crippen LogP contribution in [0.1, 0.15) is 24.0 Å². The van der Waals surface area contributed by atoms with Crippen molar-refractivity contribution in [3.8, 4) is 17.0 Å². The Bertz CT molecular complexity index is 882. The van der Waals surface area contributed by atoms with E-state index in [0.717, 1.165) is 64.9 Å². The standard InChI is InChI=1S/C20H21F3N2O/c1-26-15-9-10-18-17(12-15)16(4-2-3-11-24)19(25-18)13-5-7-14(8-6-13)20(21,22)23/h5-10,12,25H,2-4,11,24H2,1H3. The Hall–Kier alpha value is -2.47. The largest absolute Gasteiger partial charge is 0.497 e. The molecule has 1 heterocycles. The van der Waals surface area contributed by atoms with Crippen LogP contribution in [0.3, 0.4) is 0 Å². The number of fused-ring (bicyclic) bond motifs is 1. The Kier molecular flexibility index (Phi) is 5.23. The maximum atomic E-state index is 12.8. The van der Waals surface area contributed by atoms with Crippen LogP contribution in [0.5, 0.6) is 5.75 Å². The number of H-pyrrole nitrogens is 1. The van der Waals surface area contributed by atoms with E-state index in [1.165, 1.54) is 12.1 Å². The predicted octanol–water partition coefficient (Wildman–Crippen LogP) is 5.14. The fraction of sp³-hybridized carbons (Fsp3) is 0.300. The van der Waals surface area contributed by atoms with Crippen LogP contribution in [0.15, 0.2) is 42.5 Å². The van der Waals surface area contributed by atoms with Gasteiger partial charge in [0.1, 0.15) is 5.75 Å². The van der Waals surface area contributed by atoms with Crippen molar-refractivity contribution < 1.29 is 17.9 Å². The van der Waals surface area contributed by atoms with Crippen molar-refractivity contribution >= 4 is 10.9 Å². The molecule has 6 heteroatoms. The van der Waals surface area contributed by atoms with E-state index in [1.807, 2.05) is 18.2 Å². The summed E-state index contributed by atoms with van der Waals surface area (Å²) in [6.07, 6.45) is -1.74. The van der Waals surface area contributed by atoms with Gasteiger partial charge < -0.3 is 15.5 Å². The van der Waals surface area contributed by atoms with Gasteiger partial charge in [-0.2, -0.15) is 13.2 Å². The number of unbranched alkanes of at least 4 members (excludes halogenated alkanes) is 1. The number of aromatic nitrogens is 1. The fourth-order valence-corrected chi connectivity index (χ4v) is 3.13. The van der Waals surface area contributed by atoms with Crippen LogP contribution in [-0.4, -0.2) is 18.6 Å². The first kappa shape index (κ1) is 18.3. The van der Waals surface area contributed by atoms with Crippen LogP contribution < -0.4 is 10.5 Å². The van der Waals surface area contributed by atoms with E-state index in [4.69, 9.17) is 10.5 Å². The lowest BCUT2D eigenvalue weighted by Gasteiger charge is -2.09. The van der Waals surface area contributed by atoms with Gasteiger partial charge in [0, 0.05) is 16.6 Å². The van der Waals surface area contributed by atoms with E-state index in [9.17, 15) is 13.2 Å². The number of rotatable bonds is 6. The predicted molar refractivity (Wildman–Crippen MR) is 97.3 cm³/mol. The highest BCUT2D eigenvalue weighted by Gasteiger charge is 2.30. The number of hydrogen-bond donors (Lipinski definition) is 2. The van der Waals surface area contributed by atoms with Crippen LogP contribution in [0.2, 0.25) is 0 Å². The molecule has 0 saturated carbocycles. The van der Waals surface area contributed by atoms with Crippen molar-refractivity contribution in [3.05, 3.63) is 53.6 Å². The smallest absolute Gasteiger partial charge is 0.416 e. The van der Waals surface area contributed by atoms with Gasteiger partial charge in [0.25, 0.3) is 0 Å². The molecule has 0 unspecified atom stereocenters. The quantitative estimate of drug-likeness (QED) is 0.596. The Labute approximate surface area is 150 Å². The lowest BCUT2D eigenvalue weighted by atomic mass is 9.99. The van der Waals surface area contributed by atoms with Crippen molar-refractivity contribution in [2.24, 2.45) is 5.73 Å². The number of nitrogens with two attached hydrogens (primary N) is 1. The number of methoxy groups -OCH3 is 1. The zero-order chi connectivity index (χ0) is 18.7. The molecule has 0 aliphatic heterocycles. The minimum Gasteiger partial charge on any atom is -0.497 e. The summed E-state index contributed by atoms with van der Waals surface area (Å²) >= 11 is 0. The highest BCUT2D eigenvalue weighted by Crippen LogP contribution is 2.35. The lowest BCUT2D eigenvalue weighted by Crippen LogP contribution is -2.04. The molecule has 3 nitrogen and oxygen atoms in total. The molecule has 26 heavy (non-hydrogen) atoms. The molecule has 0 amide bonds. The molecule has 3 aromatic rings. The van der Waals surface area contributed by atoms with Crippen molar-refractivity contribution in [2.75, 3.05) is 13.7 Å². The number of aromatic amines is 1. The summed E-state index contributed by atoms with van der Waals surface area (Å²) in [7, 11) is 1.61. The van der Waals surface area contributed by atoms with Crippen LogP contribution in [-0.2, 0) is 12.6 Å². The van der Waals surface area contributed by atoms with Gasteiger partial charge in [-0.25, -0.2) is 0 Å². The topological polar surface area (TPSA) is 51.0 Å². The van der Waals surface area contributed by atoms with E-state index < -0.39 is 11.7 Å². The molecule has 0 atom stereocenters. The molecule has 2 aromatic carbocycles. The van der Waals surface area contributed by atoms with E-state index in [1.54, 1.807) is 7.11 Å². The highest BCUT2D eigenvalue weighted by atomic mass is 19.4. The summed E-state index contributed by atoms with van der Waals surface area (Å²) < 4.78 is 43.8. The second-order valence-electron chi connectivity index (χ2n) is 6.21. The minimum absolute atomic E-state index is 0.612. The fourth-order valence-electron chi connectivity index (χ4n) is 3.13.